The van der Waals surface area contributed by atoms with Crippen molar-refractivity contribution in [1.29, 1.82) is 0 Å². The number of likely N-dealkylation sites (tertiary alicyclic amines) is 1. The molecule has 8 heteroatoms. The van der Waals surface area contributed by atoms with Crippen LogP contribution in [0.2, 0.25) is 0 Å². The van der Waals surface area contributed by atoms with Gasteiger partial charge in [-0.1, -0.05) is 12.1 Å². The van der Waals surface area contributed by atoms with Crippen LogP contribution >= 0.6 is 0 Å². The number of sulfonamides is 1. The van der Waals surface area contributed by atoms with E-state index in [1.807, 2.05) is 35.2 Å². The van der Waals surface area contributed by atoms with Crippen molar-refractivity contribution in [3.63, 3.8) is 0 Å². The molecule has 7 nitrogen and oxygen atoms in total. The lowest BCUT2D eigenvalue weighted by Gasteiger charge is -2.35. The summed E-state index contributed by atoms with van der Waals surface area (Å²) >= 11 is 0. The van der Waals surface area contributed by atoms with Crippen molar-refractivity contribution in [1.82, 2.24) is 9.80 Å². The highest BCUT2D eigenvalue weighted by Gasteiger charge is 2.28. The first kappa shape index (κ1) is 21.3. The minimum absolute atomic E-state index is 0.0472. The molecule has 3 saturated heterocycles. The van der Waals surface area contributed by atoms with E-state index >= 15 is 0 Å². The minimum Gasteiger partial charge on any atom is -0.379 e. The molecule has 3 aliphatic heterocycles. The second-order valence-electron chi connectivity index (χ2n) is 8.35. The van der Waals surface area contributed by atoms with E-state index in [2.05, 4.69) is 4.90 Å². The lowest BCUT2D eigenvalue weighted by atomic mass is 9.96. The van der Waals surface area contributed by atoms with E-state index in [4.69, 9.17) is 4.74 Å². The molecule has 0 unspecified atom stereocenters. The average Bonchev–Trinajstić information content (AvgIpc) is 3.12. The van der Waals surface area contributed by atoms with E-state index < -0.39 is 10.0 Å². The lowest BCUT2D eigenvalue weighted by Crippen LogP contribution is -2.43. The number of hydrogen-bond donors (Lipinski definition) is 0. The molecule has 30 heavy (non-hydrogen) atoms. The number of amides is 1. The summed E-state index contributed by atoms with van der Waals surface area (Å²) in [6.07, 6.45) is 6.21. The molecule has 3 heterocycles. The van der Waals surface area contributed by atoms with Gasteiger partial charge in [-0.15, -0.1) is 0 Å². The van der Waals surface area contributed by atoms with Crippen molar-refractivity contribution in [2.24, 2.45) is 5.92 Å². The zero-order valence-electron chi connectivity index (χ0n) is 17.4. The summed E-state index contributed by atoms with van der Waals surface area (Å²) in [5, 5.41) is 0. The first-order valence-electron chi connectivity index (χ1n) is 10.9. The molecule has 1 amide bonds. The molecule has 0 N–H and O–H groups in total. The van der Waals surface area contributed by atoms with Gasteiger partial charge in [0.1, 0.15) is 0 Å². The third-order valence-electron chi connectivity index (χ3n) is 6.25. The number of morpholine rings is 1. The van der Waals surface area contributed by atoms with Crippen molar-refractivity contribution in [2.45, 2.75) is 19.3 Å². The van der Waals surface area contributed by atoms with Crippen LogP contribution in [0.25, 0.3) is 6.08 Å². The summed E-state index contributed by atoms with van der Waals surface area (Å²) in [5.41, 5.74) is 1.59. The number of carbonyl (C=O) groups excluding carboxylic acids is 1. The normalized spacial score (nSPS) is 23.3. The lowest BCUT2D eigenvalue weighted by molar-refractivity contribution is -0.127. The maximum absolute atomic E-state index is 12.6. The molecular formula is C22H31N3O4S. The average molecular weight is 434 g/mol. The van der Waals surface area contributed by atoms with E-state index in [0.717, 1.165) is 64.3 Å². The van der Waals surface area contributed by atoms with Gasteiger partial charge in [-0.05, 0) is 49.0 Å². The van der Waals surface area contributed by atoms with Crippen molar-refractivity contribution >= 4 is 27.7 Å². The van der Waals surface area contributed by atoms with Crippen molar-refractivity contribution in [3.8, 4) is 0 Å². The van der Waals surface area contributed by atoms with Gasteiger partial charge in [0.25, 0.3) is 0 Å². The van der Waals surface area contributed by atoms with Crippen LogP contribution in [0.15, 0.2) is 30.3 Å². The Bertz CT molecular complexity index is 855. The van der Waals surface area contributed by atoms with Crippen LogP contribution in [-0.4, -0.2) is 82.4 Å². The number of rotatable bonds is 5. The van der Waals surface area contributed by atoms with Crippen LogP contribution in [0.3, 0.4) is 0 Å². The number of piperidine rings is 1. The molecular weight excluding hydrogens is 402 g/mol. The fourth-order valence-corrected chi connectivity index (χ4v) is 6.00. The van der Waals surface area contributed by atoms with Gasteiger partial charge in [-0.25, -0.2) is 8.42 Å². The molecule has 0 radical (unpaired) electrons. The van der Waals surface area contributed by atoms with E-state index in [-0.39, 0.29) is 11.7 Å². The van der Waals surface area contributed by atoms with E-state index in [1.54, 1.807) is 6.08 Å². The van der Waals surface area contributed by atoms with Crippen molar-refractivity contribution < 1.29 is 17.9 Å². The molecule has 3 aliphatic rings. The Morgan fingerprint density at radius 1 is 1.03 bits per heavy atom. The van der Waals surface area contributed by atoms with Crippen LogP contribution in [0, 0.1) is 5.92 Å². The van der Waals surface area contributed by atoms with Crippen LogP contribution < -0.4 is 4.31 Å². The molecule has 1 aromatic rings. The first-order valence-corrected chi connectivity index (χ1v) is 12.5. The summed E-state index contributed by atoms with van der Waals surface area (Å²) in [6, 6.07) is 7.34. The fraction of sp³-hybridized carbons (Fsp3) is 0.591. The second-order valence-corrected chi connectivity index (χ2v) is 10.4. The number of benzene rings is 1. The van der Waals surface area contributed by atoms with Crippen LogP contribution in [0.1, 0.15) is 24.8 Å². The maximum Gasteiger partial charge on any atom is 0.246 e. The third-order valence-corrected chi connectivity index (χ3v) is 8.11. The van der Waals surface area contributed by atoms with Crippen molar-refractivity contribution in [2.75, 3.05) is 62.5 Å². The zero-order chi connectivity index (χ0) is 21.0. The monoisotopic (exact) mass is 433 g/mol. The molecule has 3 fully saturated rings. The molecule has 0 atom stereocenters. The van der Waals surface area contributed by atoms with Crippen LogP contribution in [-0.2, 0) is 19.6 Å². The number of nitrogens with zero attached hydrogens (tertiary/aromatic N) is 3. The Morgan fingerprint density at radius 2 is 1.73 bits per heavy atom. The third kappa shape index (κ3) is 5.22. The largest absolute Gasteiger partial charge is 0.379 e. The zero-order valence-corrected chi connectivity index (χ0v) is 18.2. The summed E-state index contributed by atoms with van der Waals surface area (Å²) in [4.78, 5) is 17.0. The smallest absolute Gasteiger partial charge is 0.246 e. The standard InChI is InChI=1S/C22H31N3O4S/c26-22(24-11-8-20(9-12-24)18-23-13-15-29-16-14-23)7-4-19-2-5-21(6-3-19)25-10-1-17-30(25,27)28/h2-7,20H,1,8-18H2. The van der Waals surface area contributed by atoms with Crippen LogP contribution in [0.4, 0.5) is 5.69 Å². The van der Waals surface area contributed by atoms with Crippen molar-refractivity contribution in [3.05, 3.63) is 35.9 Å². The van der Waals surface area contributed by atoms with E-state index in [0.29, 0.717) is 24.6 Å². The molecule has 1 aromatic carbocycles. The Morgan fingerprint density at radius 3 is 2.37 bits per heavy atom. The Balaban J connectivity index is 1.26. The molecule has 0 aromatic heterocycles. The van der Waals surface area contributed by atoms with Crippen LogP contribution in [0.5, 0.6) is 0 Å². The van der Waals surface area contributed by atoms with Gasteiger partial charge in [0.2, 0.25) is 15.9 Å². The van der Waals surface area contributed by atoms with Gasteiger partial charge in [0, 0.05) is 45.3 Å². The Kier molecular flexibility index (Phi) is 6.75. The highest BCUT2D eigenvalue weighted by Crippen LogP contribution is 2.24. The molecule has 0 aliphatic carbocycles. The predicted octanol–water partition coefficient (Wildman–Crippen LogP) is 1.81. The Hall–Kier alpha value is -1.90. The second kappa shape index (κ2) is 9.49. The quantitative estimate of drug-likeness (QED) is 0.663. The molecule has 0 saturated carbocycles. The van der Waals surface area contributed by atoms with Gasteiger partial charge >= 0.3 is 0 Å². The SMILES string of the molecule is O=C(C=Cc1ccc(N2CCCS2(=O)=O)cc1)N1CCC(CN2CCOCC2)CC1. The number of anilines is 1. The van der Waals surface area contributed by atoms with E-state index in [1.165, 1.54) is 4.31 Å². The van der Waals surface area contributed by atoms with Gasteiger partial charge in [-0.3, -0.25) is 14.0 Å². The summed E-state index contributed by atoms with van der Waals surface area (Å²) < 4.78 is 30.9. The topological polar surface area (TPSA) is 70.2 Å². The first-order chi connectivity index (χ1) is 14.5. The fourth-order valence-electron chi connectivity index (χ4n) is 4.44. The minimum atomic E-state index is -3.16. The molecule has 0 spiro atoms. The molecule has 0 bridgehead atoms. The number of carbonyl (C=O) groups is 1. The highest BCUT2D eigenvalue weighted by molar-refractivity contribution is 7.93. The predicted molar refractivity (Wildman–Crippen MR) is 118 cm³/mol. The molecule has 164 valence electrons. The number of ether oxygens (including phenoxy) is 1. The maximum atomic E-state index is 12.6. The van der Waals surface area contributed by atoms with Gasteiger partial charge in [0.15, 0.2) is 0 Å². The van der Waals surface area contributed by atoms with Gasteiger partial charge in [-0.2, -0.15) is 0 Å². The van der Waals surface area contributed by atoms with Gasteiger partial charge < -0.3 is 9.64 Å². The van der Waals surface area contributed by atoms with E-state index in [9.17, 15) is 13.2 Å². The Labute approximate surface area is 179 Å². The summed E-state index contributed by atoms with van der Waals surface area (Å²) in [5.74, 6) is 0.920. The summed E-state index contributed by atoms with van der Waals surface area (Å²) in [6.45, 7) is 6.97. The number of hydrogen-bond acceptors (Lipinski definition) is 5. The highest BCUT2D eigenvalue weighted by atomic mass is 32.2. The van der Waals surface area contributed by atoms with Gasteiger partial charge in [0.05, 0.1) is 24.7 Å². The summed E-state index contributed by atoms with van der Waals surface area (Å²) in [7, 11) is -3.16. The molecule has 4 rings (SSSR count).